The zero-order valence-corrected chi connectivity index (χ0v) is 13.1. The summed E-state index contributed by atoms with van der Waals surface area (Å²) >= 11 is 1.34. The number of hydrogen-bond acceptors (Lipinski definition) is 5. The van der Waals surface area contributed by atoms with Gasteiger partial charge < -0.3 is 9.84 Å². The lowest BCUT2D eigenvalue weighted by Crippen LogP contribution is -2.53. The fourth-order valence-corrected chi connectivity index (χ4v) is 4.13. The number of piperidine rings is 3. The first-order chi connectivity index (χ1) is 10.0. The molecule has 114 valence electrons. The minimum absolute atomic E-state index is 0.106. The lowest BCUT2D eigenvalue weighted by atomic mass is 9.85. The quantitative estimate of drug-likeness (QED) is 0.684. The Morgan fingerprint density at radius 3 is 2.71 bits per heavy atom. The molecular weight excluding hydrogens is 286 g/mol. The van der Waals surface area contributed by atoms with Gasteiger partial charge in [-0.15, -0.1) is 11.3 Å². The van der Waals surface area contributed by atoms with E-state index in [0.29, 0.717) is 16.4 Å². The summed E-state index contributed by atoms with van der Waals surface area (Å²) in [6, 6.07) is 3.56. The Kier molecular flexibility index (Phi) is 3.90. The Morgan fingerprint density at radius 1 is 1.52 bits per heavy atom. The number of hydrogen-bond donors (Lipinski definition) is 1. The van der Waals surface area contributed by atoms with E-state index in [0.717, 1.165) is 32.5 Å². The van der Waals surface area contributed by atoms with Crippen LogP contribution in [-0.2, 0) is 15.1 Å². The number of nitrogens with zero attached hydrogens (tertiary/aromatic N) is 1. The minimum Gasteiger partial charge on any atom is -0.458 e. The third-order valence-electron chi connectivity index (χ3n) is 4.65. The third kappa shape index (κ3) is 2.54. The zero-order chi connectivity index (χ0) is 15.0. The SMILES string of the molecule is C=C(C)[C@@](O)(C(=O)O[C@H]1CN2CCC1CC2)c1cccs1. The van der Waals surface area contributed by atoms with Gasteiger partial charge >= 0.3 is 5.97 Å². The molecule has 0 amide bonds. The predicted molar refractivity (Wildman–Crippen MR) is 82.1 cm³/mol. The van der Waals surface area contributed by atoms with Crippen molar-refractivity contribution < 1.29 is 14.6 Å². The summed E-state index contributed by atoms with van der Waals surface area (Å²) in [6.07, 6.45) is 2.04. The van der Waals surface area contributed by atoms with Gasteiger partial charge in [0.1, 0.15) is 6.10 Å². The number of aliphatic hydroxyl groups is 1. The first-order valence-electron chi connectivity index (χ1n) is 7.37. The monoisotopic (exact) mass is 307 g/mol. The van der Waals surface area contributed by atoms with Crippen molar-refractivity contribution in [2.24, 2.45) is 5.92 Å². The lowest BCUT2D eigenvalue weighted by molar-refractivity contribution is -0.177. The van der Waals surface area contributed by atoms with Gasteiger partial charge in [0, 0.05) is 6.54 Å². The molecule has 4 nitrogen and oxygen atoms in total. The molecule has 4 heterocycles. The van der Waals surface area contributed by atoms with Crippen molar-refractivity contribution in [3.05, 3.63) is 34.5 Å². The summed E-state index contributed by atoms with van der Waals surface area (Å²) in [4.78, 5) is 15.5. The number of ether oxygens (including phenoxy) is 1. The van der Waals surface area contributed by atoms with Crippen molar-refractivity contribution >= 4 is 17.3 Å². The van der Waals surface area contributed by atoms with Crippen molar-refractivity contribution in [3.8, 4) is 0 Å². The van der Waals surface area contributed by atoms with Crippen molar-refractivity contribution in [1.82, 2.24) is 4.90 Å². The van der Waals surface area contributed by atoms with Gasteiger partial charge in [0.05, 0.1) is 4.88 Å². The summed E-state index contributed by atoms with van der Waals surface area (Å²) in [5.41, 5.74) is -1.32. The largest absolute Gasteiger partial charge is 0.458 e. The zero-order valence-electron chi connectivity index (χ0n) is 12.2. The number of carbonyl (C=O) groups is 1. The van der Waals surface area contributed by atoms with Crippen LogP contribution in [0.1, 0.15) is 24.6 Å². The standard InChI is InChI=1S/C16H21NO3S/c1-11(2)16(19,14-4-3-9-21-14)15(18)20-13-10-17-7-5-12(13)6-8-17/h3-4,9,12-13,19H,1,5-8,10H2,2H3/t13-,16-/m0/s1. The first kappa shape index (κ1) is 14.8. The normalized spacial score (nSPS) is 30.7. The van der Waals surface area contributed by atoms with E-state index in [1.54, 1.807) is 13.0 Å². The van der Waals surface area contributed by atoms with E-state index in [2.05, 4.69) is 11.5 Å². The first-order valence-corrected chi connectivity index (χ1v) is 8.25. The van der Waals surface area contributed by atoms with Crippen LogP contribution in [0.15, 0.2) is 29.7 Å². The Hall–Kier alpha value is -1.17. The highest BCUT2D eigenvalue weighted by molar-refractivity contribution is 7.10. The molecular formula is C16H21NO3S. The highest BCUT2D eigenvalue weighted by atomic mass is 32.1. The molecule has 4 rings (SSSR count). The molecule has 1 aromatic heterocycles. The minimum atomic E-state index is -1.72. The molecule has 0 aliphatic carbocycles. The number of carbonyl (C=O) groups excluding carboxylic acids is 1. The number of thiophene rings is 1. The van der Waals surface area contributed by atoms with E-state index in [-0.39, 0.29) is 6.10 Å². The molecule has 0 radical (unpaired) electrons. The molecule has 2 bridgehead atoms. The molecule has 5 heteroatoms. The van der Waals surface area contributed by atoms with Gasteiger partial charge in [-0.05, 0) is 55.8 Å². The van der Waals surface area contributed by atoms with E-state index < -0.39 is 11.6 Å². The van der Waals surface area contributed by atoms with E-state index in [9.17, 15) is 9.90 Å². The summed E-state index contributed by atoms with van der Waals surface area (Å²) in [7, 11) is 0. The second-order valence-corrected chi connectivity index (χ2v) is 7.00. The number of rotatable bonds is 4. The third-order valence-corrected chi connectivity index (χ3v) is 5.62. The summed E-state index contributed by atoms with van der Waals surface area (Å²) < 4.78 is 5.69. The molecule has 0 spiro atoms. The van der Waals surface area contributed by atoms with Crippen LogP contribution in [0.5, 0.6) is 0 Å². The average molecular weight is 307 g/mol. The fraction of sp³-hybridized carbons (Fsp3) is 0.562. The topological polar surface area (TPSA) is 49.8 Å². The second-order valence-electron chi connectivity index (χ2n) is 6.05. The Labute approximate surface area is 129 Å². The molecule has 3 aliphatic rings. The smallest absolute Gasteiger partial charge is 0.348 e. The molecule has 21 heavy (non-hydrogen) atoms. The Morgan fingerprint density at radius 2 is 2.24 bits per heavy atom. The van der Waals surface area contributed by atoms with E-state index in [1.807, 2.05) is 11.4 Å². The molecule has 1 N–H and O–H groups in total. The van der Waals surface area contributed by atoms with Gasteiger partial charge in [-0.1, -0.05) is 12.6 Å². The maximum Gasteiger partial charge on any atom is 0.348 e. The number of esters is 1. The lowest BCUT2D eigenvalue weighted by Gasteiger charge is -2.44. The van der Waals surface area contributed by atoms with E-state index in [4.69, 9.17) is 4.74 Å². The fourth-order valence-electron chi connectivity index (χ4n) is 3.24. The number of fused-ring (bicyclic) bond motifs is 3. The summed E-state index contributed by atoms with van der Waals surface area (Å²) in [6.45, 7) is 8.42. The van der Waals surface area contributed by atoms with Crippen LogP contribution in [0.25, 0.3) is 0 Å². The van der Waals surface area contributed by atoms with Gasteiger partial charge in [0.15, 0.2) is 0 Å². The Bertz CT molecular complexity index is 534. The van der Waals surface area contributed by atoms with Crippen LogP contribution in [-0.4, -0.2) is 41.7 Å². The van der Waals surface area contributed by atoms with Crippen molar-refractivity contribution in [2.75, 3.05) is 19.6 Å². The molecule has 3 fully saturated rings. The van der Waals surface area contributed by atoms with E-state index >= 15 is 0 Å². The van der Waals surface area contributed by atoms with Crippen LogP contribution in [0, 0.1) is 5.92 Å². The summed E-state index contributed by atoms with van der Waals surface area (Å²) in [5.74, 6) is -0.159. The molecule has 0 aromatic carbocycles. The van der Waals surface area contributed by atoms with Crippen LogP contribution in [0.4, 0.5) is 0 Å². The van der Waals surface area contributed by atoms with Crippen molar-refractivity contribution in [1.29, 1.82) is 0 Å². The van der Waals surface area contributed by atoms with Gasteiger partial charge in [-0.2, -0.15) is 0 Å². The molecule has 1 aromatic rings. The van der Waals surface area contributed by atoms with E-state index in [1.165, 1.54) is 11.3 Å². The highest BCUT2D eigenvalue weighted by Gasteiger charge is 2.45. The van der Waals surface area contributed by atoms with Crippen LogP contribution in [0.2, 0.25) is 0 Å². The van der Waals surface area contributed by atoms with Gasteiger partial charge in [0.2, 0.25) is 5.60 Å². The van der Waals surface area contributed by atoms with Crippen LogP contribution < -0.4 is 0 Å². The summed E-state index contributed by atoms with van der Waals surface area (Å²) in [5, 5.41) is 12.7. The maximum atomic E-state index is 12.6. The van der Waals surface area contributed by atoms with Gasteiger partial charge in [-0.3, -0.25) is 4.90 Å². The van der Waals surface area contributed by atoms with Crippen molar-refractivity contribution in [2.45, 2.75) is 31.5 Å². The molecule has 3 aliphatic heterocycles. The average Bonchev–Trinajstić information content (AvgIpc) is 3.02. The van der Waals surface area contributed by atoms with Crippen LogP contribution in [0.3, 0.4) is 0 Å². The van der Waals surface area contributed by atoms with Gasteiger partial charge in [0.25, 0.3) is 0 Å². The molecule has 3 saturated heterocycles. The van der Waals surface area contributed by atoms with Crippen LogP contribution >= 0.6 is 11.3 Å². The predicted octanol–water partition coefficient (Wildman–Crippen LogP) is 2.15. The highest BCUT2D eigenvalue weighted by Crippen LogP contribution is 2.36. The second kappa shape index (κ2) is 5.55. The Balaban J connectivity index is 1.78. The molecule has 0 saturated carbocycles. The van der Waals surface area contributed by atoms with Gasteiger partial charge in [-0.25, -0.2) is 4.79 Å². The molecule has 2 atom stereocenters. The molecule has 0 unspecified atom stereocenters. The maximum absolute atomic E-state index is 12.6. The van der Waals surface area contributed by atoms with Crippen molar-refractivity contribution in [3.63, 3.8) is 0 Å².